The first-order valence-corrected chi connectivity index (χ1v) is 7.03. The van der Waals surface area contributed by atoms with Crippen LogP contribution in [0.5, 0.6) is 0 Å². The molecule has 0 spiro atoms. The number of aromatic nitrogens is 1. The summed E-state index contributed by atoms with van der Waals surface area (Å²) in [6.07, 6.45) is 1.74. The minimum atomic E-state index is -0.0597. The van der Waals surface area contributed by atoms with Crippen LogP contribution in [0.25, 0.3) is 10.9 Å². The van der Waals surface area contributed by atoms with E-state index < -0.39 is 0 Å². The highest BCUT2D eigenvalue weighted by Crippen LogP contribution is 2.27. The van der Waals surface area contributed by atoms with E-state index in [1.54, 1.807) is 12.3 Å². The Labute approximate surface area is 124 Å². The van der Waals surface area contributed by atoms with Gasteiger partial charge in [-0.05, 0) is 36.8 Å². The molecule has 0 unspecified atom stereocenters. The largest absolute Gasteiger partial charge is 0.398 e. The van der Waals surface area contributed by atoms with Crippen molar-refractivity contribution in [1.82, 2.24) is 4.98 Å². The number of nitrogen functional groups attached to an aromatic ring is 1. The monoisotopic (exact) mass is 328 g/mol. The molecule has 0 aliphatic heterocycles. The molecule has 0 aliphatic carbocycles. The van der Waals surface area contributed by atoms with Gasteiger partial charge in [-0.25, -0.2) is 0 Å². The van der Waals surface area contributed by atoms with Gasteiger partial charge in [-0.15, -0.1) is 0 Å². The van der Waals surface area contributed by atoms with E-state index in [9.17, 15) is 4.79 Å². The molecular weight excluding hydrogens is 316 g/mol. The van der Waals surface area contributed by atoms with Gasteiger partial charge < -0.3 is 10.7 Å². The minimum Gasteiger partial charge on any atom is -0.398 e. The number of fused-ring (bicyclic) bond motifs is 1. The molecule has 0 bridgehead atoms. The first kappa shape index (κ1) is 12.9. The van der Waals surface area contributed by atoms with Crippen molar-refractivity contribution in [2.45, 2.75) is 6.92 Å². The maximum absolute atomic E-state index is 12.7. The van der Waals surface area contributed by atoms with Gasteiger partial charge >= 0.3 is 0 Å². The molecule has 0 saturated carbocycles. The topological polar surface area (TPSA) is 58.9 Å². The van der Waals surface area contributed by atoms with E-state index in [2.05, 4.69) is 20.9 Å². The van der Waals surface area contributed by atoms with Gasteiger partial charge in [0.25, 0.3) is 0 Å². The van der Waals surface area contributed by atoms with Crippen LogP contribution in [-0.2, 0) is 0 Å². The summed E-state index contributed by atoms with van der Waals surface area (Å²) in [7, 11) is 0. The highest BCUT2D eigenvalue weighted by atomic mass is 79.9. The van der Waals surface area contributed by atoms with E-state index in [0.29, 0.717) is 16.8 Å². The maximum atomic E-state index is 12.7. The van der Waals surface area contributed by atoms with Crippen LogP contribution in [0.1, 0.15) is 21.5 Å². The highest BCUT2D eigenvalue weighted by molar-refractivity contribution is 9.10. The van der Waals surface area contributed by atoms with E-state index in [4.69, 9.17) is 5.73 Å². The number of rotatable bonds is 2. The number of aromatic amines is 1. The molecule has 1 aromatic heterocycles. The van der Waals surface area contributed by atoms with Crippen molar-refractivity contribution in [3.63, 3.8) is 0 Å². The Balaban J connectivity index is 2.18. The first-order valence-electron chi connectivity index (χ1n) is 6.24. The maximum Gasteiger partial charge on any atom is 0.197 e. The summed E-state index contributed by atoms with van der Waals surface area (Å²) >= 11 is 3.43. The first-order chi connectivity index (χ1) is 9.58. The number of anilines is 1. The number of aryl methyl sites for hydroxylation is 1. The molecule has 3 N–H and O–H groups in total. The molecule has 0 saturated heterocycles. The Morgan fingerprint density at radius 3 is 2.80 bits per heavy atom. The zero-order valence-corrected chi connectivity index (χ0v) is 12.5. The molecule has 3 nitrogen and oxygen atoms in total. The number of halogens is 1. The summed E-state index contributed by atoms with van der Waals surface area (Å²) in [5.41, 5.74) is 9.60. The Morgan fingerprint density at radius 1 is 1.20 bits per heavy atom. The molecule has 0 fully saturated rings. The second kappa shape index (κ2) is 4.80. The summed E-state index contributed by atoms with van der Waals surface area (Å²) in [5.74, 6) is -0.0597. The van der Waals surface area contributed by atoms with E-state index in [-0.39, 0.29) is 5.78 Å². The van der Waals surface area contributed by atoms with E-state index in [0.717, 1.165) is 20.9 Å². The molecule has 100 valence electrons. The van der Waals surface area contributed by atoms with Crippen LogP contribution in [-0.4, -0.2) is 10.8 Å². The Morgan fingerprint density at radius 2 is 2.00 bits per heavy atom. The van der Waals surface area contributed by atoms with Gasteiger partial charge in [-0.3, -0.25) is 4.79 Å². The van der Waals surface area contributed by atoms with E-state index in [1.807, 2.05) is 37.3 Å². The van der Waals surface area contributed by atoms with Crippen LogP contribution >= 0.6 is 15.9 Å². The highest BCUT2D eigenvalue weighted by Gasteiger charge is 2.17. The molecule has 0 amide bonds. The van der Waals surface area contributed by atoms with Crippen LogP contribution in [0, 0.1) is 6.92 Å². The summed E-state index contributed by atoms with van der Waals surface area (Å²) in [6, 6.07) is 11.3. The molecule has 20 heavy (non-hydrogen) atoms. The van der Waals surface area contributed by atoms with E-state index >= 15 is 0 Å². The van der Waals surface area contributed by atoms with Crippen LogP contribution in [0.15, 0.2) is 47.1 Å². The van der Waals surface area contributed by atoms with Crippen LogP contribution in [0.2, 0.25) is 0 Å². The SMILES string of the molecule is Cc1cccc(C(=O)c2c[nH]c3ccc(Br)cc23)c1N. The van der Waals surface area contributed by atoms with Crippen LogP contribution in [0.3, 0.4) is 0 Å². The Bertz CT molecular complexity index is 820. The van der Waals surface area contributed by atoms with Crippen molar-refractivity contribution in [2.75, 3.05) is 5.73 Å². The van der Waals surface area contributed by atoms with Gasteiger partial charge in [0.1, 0.15) is 0 Å². The number of benzene rings is 2. The second-order valence-corrected chi connectivity index (χ2v) is 5.67. The molecule has 4 heteroatoms. The minimum absolute atomic E-state index is 0.0597. The summed E-state index contributed by atoms with van der Waals surface area (Å²) < 4.78 is 0.941. The Kier molecular flexibility index (Phi) is 3.10. The fraction of sp³-hybridized carbons (Fsp3) is 0.0625. The second-order valence-electron chi connectivity index (χ2n) is 4.76. The lowest BCUT2D eigenvalue weighted by Crippen LogP contribution is -2.06. The molecule has 2 aromatic carbocycles. The molecule has 0 atom stereocenters. The molecule has 0 aliphatic rings. The van der Waals surface area contributed by atoms with Crippen molar-refractivity contribution >= 4 is 38.3 Å². The average Bonchev–Trinajstić information content (AvgIpc) is 2.84. The zero-order valence-electron chi connectivity index (χ0n) is 10.9. The number of hydrogen-bond acceptors (Lipinski definition) is 2. The summed E-state index contributed by atoms with van der Waals surface area (Å²) in [5, 5.41) is 0.894. The smallest absolute Gasteiger partial charge is 0.197 e. The number of para-hydroxylation sites is 1. The van der Waals surface area contributed by atoms with Crippen molar-refractivity contribution < 1.29 is 4.79 Å². The lowest BCUT2D eigenvalue weighted by Gasteiger charge is -2.06. The van der Waals surface area contributed by atoms with Crippen molar-refractivity contribution in [1.29, 1.82) is 0 Å². The fourth-order valence-electron chi connectivity index (χ4n) is 2.30. The Hall–Kier alpha value is -2.07. The standard InChI is InChI=1S/C16H13BrN2O/c1-9-3-2-4-11(15(9)18)16(20)13-8-19-14-6-5-10(17)7-12(13)14/h2-8,19H,18H2,1H3. The third kappa shape index (κ3) is 2.02. The zero-order chi connectivity index (χ0) is 14.3. The molecular formula is C16H13BrN2O. The lowest BCUT2D eigenvalue weighted by atomic mass is 9.99. The average molecular weight is 329 g/mol. The third-order valence-electron chi connectivity index (χ3n) is 3.46. The van der Waals surface area contributed by atoms with Crippen molar-refractivity contribution in [3.05, 3.63) is 63.8 Å². The predicted molar refractivity (Wildman–Crippen MR) is 85.0 cm³/mol. The van der Waals surface area contributed by atoms with Crippen molar-refractivity contribution in [3.8, 4) is 0 Å². The van der Waals surface area contributed by atoms with Crippen molar-refractivity contribution in [2.24, 2.45) is 0 Å². The van der Waals surface area contributed by atoms with Gasteiger partial charge in [0.05, 0.1) is 0 Å². The number of nitrogens with one attached hydrogen (secondary N) is 1. The summed E-state index contributed by atoms with van der Waals surface area (Å²) in [4.78, 5) is 15.8. The molecule has 0 radical (unpaired) electrons. The van der Waals surface area contributed by atoms with Crippen LogP contribution in [0.4, 0.5) is 5.69 Å². The number of hydrogen-bond donors (Lipinski definition) is 2. The molecule has 3 aromatic rings. The van der Waals surface area contributed by atoms with Gasteiger partial charge in [-0.1, -0.05) is 28.1 Å². The molecule has 3 rings (SSSR count). The number of nitrogens with two attached hydrogens (primary N) is 1. The number of carbonyl (C=O) groups excluding carboxylic acids is 1. The fourth-order valence-corrected chi connectivity index (χ4v) is 2.67. The number of H-pyrrole nitrogens is 1. The predicted octanol–water partition coefficient (Wildman–Crippen LogP) is 4.05. The van der Waals surface area contributed by atoms with Crippen LogP contribution < -0.4 is 5.73 Å². The summed E-state index contributed by atoms with van der Waals surface area (Å²) in [6.45, 7) is 1.90. The van der Waals surface area contributed by atoms with Gasteiger partial charge in [0.2, 0.25) is 0 Å². The quantitative estimate of drug-likeness (QED) is 0.550. The lowest BCUT2D eigenvalue weighted by molar-refractivity contribution is 0.104. The van der Waals surface area contributed by atoms with E-state index in [1.165, 1.54) is 0 Å². The number of carbonyl (C=O) groups is 1. The normalized spacial score (nSPS) is 10.9. The van der Waals surface area contributed by atoms with Gasteiger partial charge in [-0.2, -0.15) is 0 Å². The molecule has 1 heterocycles. The number of ketones is 1. The third-order valence-corrected chi connectivity index (χ3v) is 3.95. The van der Waals surface area contributed by atoms with Gasteiger partial charge in [0, 0.05) is 38.4 Å². The van der Waals surface area contributed by atoms with Gasteiger partial charge in [0.15, 0.2) is 5.78 Å².